The Labute approximate surface area is 183 Å². The maximum absolute atomic E-state index is 13.5. The highest BCUT2D eigenvalue weighted by molar-refractivity contribution is 6.07. The van der Waals surface area contributed by atoms with Crippen LogP contribution in [0.5, 0.6) is 0 Å². The third-order valence-electron chi connectivity index (χ3n) is 6.27. The summed E-state index contributed by atoms with van der Waals surface area (Å²) in [6.07, 6.45) is 0. The number of carbonyl (C=O) groups is 1. The Hall–Kier alpha value is -2.29. The van der Waals surface area contributed by atoms with Crippen molar-refractivity contribution in [3.05, 3.63) is 58.7 Å². The lowest BCUT2D eigenvalue weighted by Gasteiger charge is -2.26. The molecule has 0 radical (unpaired) electrons. The molecule has 1 saturated heterocycles. The van der Waals surface area contributed by atoms with Gasteiger partial charge in [0.1, 0.15) is 0 Å². The largest absolute Gasteiger partial charge is 0.329 e. The van der Waals surface area contributed by atoms with E-state index in [0.717, 1.165) is 24.5 Å². The molecule has 1 aliphatic heterocycles. The van der Waals surface area contributed by atoms with Gasteiger partial charge in [0.2, 0.25) is 0 Å². The predicted molar refractivity (Wildman–Crippen MR) is 129 cm³/mol. The van der Waals surface area contributed by atoms with Crippen molar-refractivity contribution in [2.75, 3.05) is 22.9 Å². The van der Waals surface area contributed by atoms with Crippen molar-refractivity contribution in [3.63, 3.8) is 0 Å². The molecule has 2 amide bonds. The minimum atomic E-state index is 0.0911. The lowest BCUT2D eigenvalue weighted by atomic mass is 9.93. The van der Waals surface area contributed by atoms with Crippen molar-refractivity contribution in [2.45, 2.75) is 79.1 Å². The quantitative estimate of drug-likeness (QED) is 0.484. The van der Waals surface area contributed by atoms with Crippen LogP contribution in [0, 0.1) is 0 Å². The van der Waals surface area contributed by atoms with E-state index in [9.17, 15) is 4.79 Å². The van der Waals surface area contributed by atoms with Gasteiger partial charge in [-0.2, -0.15) is 0 Å². The molecule has 0 saturated carbocycles. The van der Waals surface area contributed by atoms with Gasteiger partial charge in [-0.1, -0.05) is 79.7 Å². The van der Waals surface area contributed by atoms with Crippen LogP contribution >= 0.6 is 0 Å². The van der Waals surface area contributed by atoms with E-state index in [1.165, 1.54) is 22.3 Å². The first-order valence-corrected chi connectivity index (χ1v) is 11.5. The lowest BCUT2D eigenvalue weighted by Crippen LogP contribution is -2.33. The van der Waals surface area contributed by atoms with Gasteiger partial charge < -0.3 is 0 Å². The average molecular weight is 407 g/mol. The van der Waals surface area contributed by atoms with Gasteiger partial charge in [-0.25, -0.2) is 4.79 Å². The minimum absolute atomic E-state index is 0.0911. The first kappa shape index (κ1) is 22.4. The molecule has 1 heterocycles. The summed E-state index contributed by atoms with van der Waals surface area (Å²) in [5.41, 5.74) is 7.31. The number of anilines is 2. The number of rotatable bonds is 6. The third-order valence-corrected chi connectivity index (χ3v) is 6.27. The van der Waals surface area contributed by atoms with E-state index in [4.69, 9.17) is 0 Å². The molecule has 2 aromatic rings. The Morgan fingerprint density at radius 1 is 0.600 bits per heavy atom. The van der Waals surface area contributed by atoms with Crippen LogP contribution in [0.2, 0.25) is 0 Å². The Balaban J connectivity index is 1.98. The zero-order chi connectivity index (χ0) is 22.2. The van der Waals surface area contributed by atoms with Gasteiger partial charge in [-0.05, 0) is 58.1 Å². The van der Waals surface area contributed by atoms with Crippen molar-refractivity contribution in [1.82, 2.24) is 0 Å². The summed E-state index contributed by atoms with van der Waals surface area (Å²) in [7, 11) is 0. The molecule has 162 valence electrons. The zero-order valence-corrected chi connectivity index (χ0v) is 20.0. The number of benzene rings is 2. The van der Waals surface area contributed by atoms with Gasteiger partial charge in [0, 0.05) is 24.5 Å². The molecule has 2 aromatic carbocycles. The molecular formula is C27H38N2O. The monoisotopic (exact) mass is 406 g/mol. The van der Waals surface area contributed by atoms with E-state index >= 15 is 0 Å². The molecule has 3 nitrogen and oxygen atoms in total. The molecule has 0 spiro atoms. The Morgan fingerprint density at radius 3 is 1.27 bits per heavy atom. The summed E-state index contributed by atoms with van der Waals surface area (Å²) in [4.78, 5) is 17.5. The van der Waals surface area contributed by atoms with Crippen LogP contribution in [0.3, 0.4) is 0 Å². The molecular weight excluding hydrogens is 368 g/mol. The molecule has 30 heavy (non-hydrogen) atoms. The van der Waals surface area contributed by atoms with Crippen molar-refractivity contribution < 1.29 is 4.79 Å². The molecule has 3 heteroatoms. The van der Waals surface area contributed by atoms with E-state index in [1.807, 2.05) is 9.80 Å². The SMILES string of the molecule is CC(C)c1ccc(N2CCN(c3ccc(C(C)C)cc3C(C)C)C2=O)c(C(C)C)c1. The summed E-state index contributed by atoms with van der Waals surface area (Å²) in [5.74, 6) is 1.71. The van der Waals surface area contributed by atoms with E-state index in [1.54, 1.807) is 0 Å². The number of carbonyl (C=O) groups excluding carboxylic acids is 1. The molecule has 0 N–H and O–H groups in total. The highest BCUT2D eigenvalue weighted by Gasteiger charge is 2.33. The predicted octanol–water partition coefficient (Wildman–Crippen LogP) is 7.63. The molecule has 0 unspecified atom stereocenters. The van der Waals surface area contributed by atoms with Gasteiger partial charge >= 0.3 is 6.03 Å². The van der Waals surface area contributed by atoms with Gasteiger partial charge in [0.15, 0.2) is 0 Å². The Morgan fingerprint density at radius 2 is 0.967 bits per heavy atom. The van der Waals surface area contributed by atoms with Crippen LogP contribution in [-0.4, -0.2) is 19.1 Å². The minimum Gasteiger partial charge on any atom is -0.292 e. The number of urea groups is 1. The van der Waals surface area contributed by atoms with Crippen LogP contribution in [0.25, 0.3) is 0 Å². The van der Waals surface area contributed by atoms with Crippen molar-refractivity contribution in [3.8, 4) is 0 Å². The molecule has 1 aliphatic rings. The summed E-state index contributed by atoms with van der Waals surface area (Å²) >= 11 is 0. The first-order chi connectivity index (χ1) is 14.1. The fourth-order valence-corrected chi connectivity index (χ4v) is 4.26. The van der Waals surface area contributed by atoms with Gasteiger partial charge in [0.25, 0.3) is 0 Å². The van der Waals surface area contributed by atoms with Crippen LogP contribution < -0.4 is 9.80 Å². The van der Waals surface area contributed by atoms with Crippen LogP contribution in [0.1, 0.15) is 101 Å². The molecule has 1 fully saturated rings. The smallest absolute Gasteiger partial charge is 0.292 e. The van der Waals surface area contributed by atoms with Gasteiger partial charge in [-0.15, -0.1) is 0 Å². The molecule has 0 bridgehead atoms. The second-order valence-corrected chi connectivity index (χ2v) is 9.84. The normalized spacial score (nSPS) is 14.9. The average Bonchev–Trinajstić information content (AvgIpc) is 3.07. The van der Waals surface area contributed by atoms with Crippen LogP contribution in [0.15, 0.2) is 36.4 Å². The summed E-state index contributed by atoms with van der Waals surface area (Å²) < 4.78 is 0. The van der Waals surface area contributed by atoms with E-state index in [2.05, 4.69) is 91.8 Å². The first-order valence-electron chi connectivity index (χ1n) is 11.5. The van der Waals surface area contributed by atoms with Crippen LogP contribution in [0.4, 0.5) is 16.2 Å². The topological polar surface area (TPSA) is 23.6 Å². The fourth-order valence-electron chi connectivity index (χ4n) is 4.26. The Kier molecular flexibility index (Phi) is 6.59. The number of nitrogens with zero attached hydrogens (tertiary/aromatic N) is 2. The van der Waals surface area contributed by atoms with E-state index in [0.29, 0.717) is 23.7 Å². The lowest BCUT2D eigenvalue weighted by molar-refractivity contribution is 0.255. The van der Waals surface area contributed by atoms with Crippen molar-refractivity contribution >= 4 is 17.4 Å². The highest BCUT2D eigenvalue weighted by Crippen LogP contribution is 2.37. The summed E-state index contributed by atoms with van der Waals surface area (Å²) in [6.45, 7) is 19.2. The highest BCUT2D eigenvalue weighted by atomic mass is 16.2. The molecule has 0 aliphatic carbocycles. The van der Waals surface area contributed by atoms with Gasteiger partial charge in [0.05, 0.1) is 0 Å². The standard InChI is InChI=1S/C27H38N2O/c1-17(2)21-9-11-25(23(15-21)19(5)6)28-13-14-29(27(28)30)26-12-10-22(18(3)4)16-24(26)20(7)8/h9-12,15-20H,13-14H2,1-8H3. The second-order valence-electron chi connectivity index (χ2n) is 9.84. The number of amides is 2. The molecule has 0 atom stereocenters. The second kappa shape index (κ2) is 8.83. The number of hydrogen-bond acceptors (Lipinski definition) is 1. The maximum Gasteiger partial charge on any atom is 0.329 e. The van der Waals surface area contributed by atoms with Crippen molar-refractivity contribution in [2.24, 2.45) is 0 Å². The van der Waals surface area contributed by atoms with Crippen LogP contribution in [-0.2, 0) is 0 Å². The zero-order valence-electron chi connectivity index (χ0n) is 20.0. The third kappa shape index (κ3) is 4.26. The van der Waals surface area contributed by atoms with E-state index in [-0.39, 0.29) is 6.03 Å². The van der Waals surface area contributed by atoms with Gasteiger partial charge in [-0.3, -0.25) is 9.80 Å². The summed E-state index contributed by atoms with van der Waals surface area (Å²) in [5, 5.41) is 0. The molecule has 3 rings (SSSR count). The van der Waals surface area contributed by atoms with E-state index < -0.39 is 0 Å². The fraction of sp³-hybridized carbons (Fsp3) is 0.519. The molecule has 0 aromatic heterocycles. The Bertz CT molecular complexity index is 838. The summed E-state index contributed by atoms with van der Waals surface area (Å²) in [6, 6.07) is 13.3. The number of hydrogen-bond donors (Lipinski definition) is 0. The maximum atomic E-state index is 13.5. The van der Waals surface area contributed by atoms with Crippen molar-refractivity contribution in [1.29, 1.82) is 0 Å².